The molecule has 1 heterocycles. The van der Waals surface area contributed by atoms with Crippen LogP contribution in [0.5, 0.6) is 5.88 Å². The summed E-state index contributed by atoms with van der Waals surface area (Å²) in [5, 5.41) is 10.6. The smallest absolute Gasteiger partial charge is 0.416 e. The zero-order valence-electron chi connectivity index (χ0n) is 14.6. The van der Waals surface area contributed by atoms with Gasteiger partial charge in [0.1, 0.15) is 6.61 Å². The van der Waals surface area contributed by atoms with Crippen molar-refractivity contribution in [2.75, 3.05) is 13.2 Å². The van der Waals surface area contributed by atoms with Gasteiger partial charge in [-0.2, -0.15) is 13.2 Å². The lowest BCUT2D eigenvalue weighted by atomic mass is 10.1. The SMILES string of the molecule is O=C(NCCOc1ccc(-c2ccccc2)nn1)c1ccc(C(F)(F)F)cc1. The summed E-state index contributed by atoms with van der Waals surface area (Å²) in [7, 11) is 0. The van der Waals surface area contributed by atoms with E-state index in [0.29, 0.717) is 11.6 Å². The van der Waals surface area contributed by atoms with Crippen LogP contribution in [0.25, 0.3) is 11.3 Å². The fourth-order valence-corrected chi connectivity index (χ4v) is 2.39. The third-order valence-corrected chi connectivity index (χ3v) is 3.82. The average Bonchev–Trinajstić information content (AvgIpc) is 2.71. The number of nitrogens with one attached hydrogen (secondary N) is 1. The Balaban J connectivity index is 1.46. The van der Waals surface area contributed by atoms with Crippen LogP contribution in [0.3, 0.4) is 0 Å². The highest BCUT2D eigenvalue weighted by atomic mass is 19.4. The van der Waals surface area contributed by atoms with E-state index < -0.39 is 17.6 Å². The molecular weight excluding hydrogens is 371 g/mol. The molecule has 144 valence electrons. The summed E-state index contributed by atoms with van der Waals surface area (Å²) in [6, 6.07) is 17.0. The predicted octanol–water partition coefficient (Wildman–Crippen LogP) is 3.97. The van der Waals surface area contributed by atoms with Gasteiger partial charge in [-0.1, -0.05) is 30.3 Å². The topological polar surface area (TPSA) is 64.1 Å². The molecule has 0 saturated carbocycles. The van der Waals surface area contributed by atoms with E-state index in [1.54, 1.807) is 12.1 Å². The van der Waals surface area contributed by atoms with Gasteiger partial charge in [0.25, 0.3) is 5.91 Å². The normalized spacial score (nSPS) is 11.1. The van der Waals surface area contributed by atoms with Crippen molar-refractivity contribution < 1.29 is 22.7 Å². The van der Waals surface area contributed by atoms with Crippen molar-refractivity contribution in [2.24, 2.45) is 0 Å². The molecule has 0 unspecified atom stereocenters. The summed E-state index contributed by atoms with van der Waals surface area (Å²) >= 11 is 0. The van der Waals surface area contributed by atoms with Gasteiger partial charge in [-0.05, 0) is 30.3 Å². The number of aromatic nitrogens is 2. The number of carbonyl (C=O) groups is 1. The van der Waals surface area contributed by atoms with Crippen LogP contribution in [0.1, 0.15) is 15.9 Å². The minimum atomic E-state index is -4.43. The zero-order valence-corrected chi connectivity index (χ0v) is 14.6. The lowest BCUT2D eigenvalue weighted by Gasteiger charge is -2.09. The van der Waals surface area contributed by atoms with Crippen molar-refractivity contribution in [3.05, 3.63) is 77.9 Å². The first kappa shape index (κ1) is 19.3. The number of halogens is 3. The van der Waals surface area contributed by atoms with E-state index >= 15 is 0 Å². The lowest BCUT2D eigenvalue weighted by Crippen LogP contribution is -2.28. The molecule has 1 N–H and O–H groups in total. The molecule has 0 fully saturated rings. The highest BCUT2D eigenvalue weighted by molar-refractivity contribution is 5.94. The first-order chi connectivity index (χ1) is 13.4. The second kappa shape index (κ2) is 8.51. The maximum absolute atomic E-state index is 12.5. The van der Waals surface area contributed by atoms with Crippen molar-refractivity contribution in [2.45, 2.75) is 6.18 Å². The van der Waals surface area contributed by atoms with Crippen LogP contribution in [-0.2, 0) is 6.18 Å². The highest BCUT2D eigenvalue weighted by Gasteiger charge is 2.30. The second-order valence-corrected chi connectivity index (χ2v) is 5.80. The van der Waals surface area contributed by atoms with E-state index in [1.807, 2.05) is 30.3 Å². The van der Waals surface area contributed by atoms with Crippen LogP contribution in [-0.4, -0.2) is 29.3 Å². The van der Waals surface area contributed by atoms with Crippen LogP contribution in [0.2, 0.25) is 0 Å². The Morgan fingerprint density at radius 1 is 0.929 bits per heavy atom. The molecule has 0 spiro atoms. The van der Waals surface area contributed by atoms with E-state index in [4.69, 9.17) is 4.74 Å². The number of nitrogens with zero attached hydrogens (tertiary/aromatic N) is 2. The van der Waals surface area contributed by atoms with Gasteiger partial charge in [0, 0.05) is 17.2 Å². The van der Waals surface area contributed by atoms with Gasteiger partial charge >= 0.3 is 6.18 Å². The number of benzene rings is 2. The van der Waals surface area contributed by atoms with Crippen molar-refractivity contribution in [1.82, 2.24) is 15.5 Å². The van der Waals surface area contributed by atoms with E-state index in [0.717, 1.165) is 29.8 Å². The summed E-state index contributed by atoms with van der Waals surface area (Å²) < 4.78 is 43.0. The molecule has 0 atom stereocenters. The van der Waals surface area contributed by atoms with Crippen molar-refractivity contribution >= 4 is 5.91 Å². The Labute approximate surface area is 159 Å². The molecule has 0 aliphatic heterocycles. The second-order valence-electron chi connectivity index (χ2n) is 5.80. The van der Waals surface area contributed by atoms with Gasteiger partial charge in [-0.15, -0.1) is 10.2 Å². The first-order valence-corrected chi connectivity index (χ1v) is 8.41. The molecule has 1 amide bonds. The lowest BCUT2D eigenvalue weighted by molar-refractivity contribution is -0.137. The number of rotatable bonds is 6. The number of ether oxygens (including phenoxy) is 1. The largest absolute Gasteiger partial charge is 0.475 e. The van der Waals surface area contributed by atoms with Gasteiger partial charge in [0.05, 0.1) is 17.8 Å². The highest BCUT2D eigenvalue weighted by Crippen LogP contribution is 2.29. The molecule has 2 aromatic carbocycles. The number of carbonyl (C=O) groups excluding carboxylic acids is 1. The number of hydrogen-bond donors (Lipinski definition) is 1. The van der Waals surface area contributed by atoms with Crippen LogP contribution < -0.4 is 10.1 Å². The van der Waals surface area contributed by atoms with Crippen molar-refractivity contribution in [1.29, 1.82) is 0 Å². The Morgan fingerprint density at radius 2 is 1.64 bits per heavy atom. The van der Waals surface area contributed by atoms with Gasteiger partial charge in [0.2, 0.25) is 5.88 Å². The monoisotopic (exact) mass is 387 g/mol. The molecule has 3 rings (SSSR count). The van der Waals surface area contributed by atoms with Crippen LogP contribution in [0.4, 0.5) is 13.2 Å². The molecule has 5 nitrogen and oxygen atoms in total. The van der Waals surface area contributed by atoms with Crippen molar-refractivity contribution in [3.8, 4) is 17.1 Å². The van der Waals surface area contributed by atoms with Gasteiger partial charge < -0.3 is 10.1 Å². The van der Waals surface area contributed by atoms with E-state index in [1.165, 1.54) is 0 Å². The van der Waals surface area contributed by atoms with Crippen LogP contribution in [0, 0.1) is 0 Å². The van der Waals surface area contributed by atoms with E-state index in [2.05, 4.69) is 15.5 Å². The molecule has 28 heavy (non-hydrogen) atoms. The molecule has 0 aliphatic rings. The first-order valence-electron chi connectivity index (χ1n) is 8.41. The number of alkyl halides is 3. The summed E-state index contributed by atoms with van der Waals surface area (Å²) in [6.07, 6.45) is -4.43. The fourth-order valence-electron chi connectivity index (χ4n) is 2.39. The third kappa shape index (κ3) is 5.06. The van der Waals surface area contributed by atoms with Crippen LogP contribution in [0.15, 0.2) is 66.7 Å². The van der Waals surface area contributed by atoms with Crippen LogP contribution >= 0.6 is 0 Å². The number of hydrogen-bond acceptors (Lipinski definition) is 4. The van der Waals surface area contributed by atoms with Gasteiger partial charge in [0.15, 0.2) is 0 Å². The Bertz CT molecular complexity index is 912. The Hall–Kier alpha value is -3.42. The van der Waals surface area contributed by atoms with Crippen molar-refractivity contribution in [3.63, 3.8) is 0 Å². The summed E-state index contributed by atoms with van der Waals surface area (Å²) in [5.74, 6) is -0.175. The predicted molar refractivity (Wildman–Crippen MR) is 96.7 cm³/mol. The molecule has 8 heteroatoms. The maximum Gasteiger partial charge on any atom is 0.416 e. The van der Waals surface area contributed by atoms with E-state index in [9.17, 15) is 18.0 Å². The molecule has 0 radical (unpaired) electrons. The standard InChI is InChI=1S/C20H16F3N3O2/c21-20(22,23)16-8-6-15(7-9-16)19(27)24-12-13-28-18-11-10-17(25-26-18)14-4-2-1-3-5-14/h1-11H,12-13H2,(H,24,27). The Morgan fingerprint density at radius 3 is 2.25 bits per heavy atom. The molecule has 3 aromatic rings. The molecule has 0 aliphatic carbocycles. The number of amides is 1. The summed E-state index contributed by atoms with van der Waals surface area (Å²) in [5.41, 5.74) is 0.985. The maximum atomic E-state index is 12.5. The quantitative estimate of drug-likeness (QED) is 0.650. The Kier molecular flexibility index (Phi) is 5.88. The molecule has 0 bridgehead atoms. The molecule has 1 aromatic heterocycles. The summed E-state index contributed by atoms with van der Waals surface area (Å²) in [6.45, 7) is 0.313. The minimum absolute atomic E-state index is 0.139. The molecular formula is C20H16F3N3O2. The third-order valence-electron chi connectivity index (χ3n) is 3.82. The minimum Gasteiger partial charge on any atom is -0.475 e. The molecule has 0 saturated heterocycles. The summed E-state index contributed by atoms with van der Waals surface area (Å²) in [4.78, 5) is 11.9. The zero-order chi connectivity index (χ0) is 20.0. The fraction of sp³-hybridized carbons (Fsp3) is 0.150. The van der Waals surface area contributed by atoms with Gasteiger partial charge in [-0.25, -0.2) is 0 Å². The van der Waals surface area contributed by atoms with E-state index in [-0.39, 0.29) is 18.7 Å². The average molecular weight is 387 g/mol. The van der Waals surface area contributed by atoms with Gasteiger partial charge in [-0.3, -0.25) is 4.79 Å².